The molecule has 0 nitrogen and oxygen atoms in total. The third kappa shape index (κ3) is 2.44. The van der Waals surface area contributed by atoms with Gasteiger partial charge in [0.2, 0.25) is 0 Å². The van der Waals surface area contributed by atoms with E-state index in [2.05, 4.69) is 41.5 Å². The van der Waals surface area contributed by atoms with Gasteiger partial charge >= 0.3 is 0 Å². The third-order valence-corrected chi connectivity index (χ3v) is 28.6. The Balaban J connectivity index is 1.78. The molecule has 0 atom stereocenters. The van der Waals surface area contributed by atoms with E-state index in [1.807, 2.05) is 0 Å². The molecule has 4 heteroatoms. The van der Waals surface area contributed by atoms with Gasteiger partial charge in [-0.15, -0.1) is 0 Å². The molecule has 150 valence electrons. The van der Waals surface area contributed by atoms with Crippen molar-refractivity contribution in [1.29, 1.82) is 0 Å². The highest BCUT2D eigenvalue weighted by atomic mass is 35.7. The number of hydrogen-bond donors (Lipinski definition) is 0. The smallest absolute Gasteiger partial charge is 0.0529 e. The van der Waals surface area contributed by atoms with Crippen molar-refractivity contribution in [2.75, 3.05) is 0 Å². The topological polar surface area (TPSA) is 0 Å². The van der Waals surface area contributed by atoms with Crippen molar-refractivity contribution in [3.63, 3.8) is 0 Å². The minimum absolute atomic E-state index is 0.0976. The Bertz CT molecular complexity index is 479. The van der Waals surface area contributed by atoms with Crippen molar-refractivity contribution >= 4 is 34.4 Å². The van der Waals surface area contributed by atoms with Gasteiger partial charge in [-0.3, -0.25) is 0 Å². The number of hydrogen-bond acceptors (Lipinski definition) is 0. The van der Waals surface area contributed by atoms with E-state index in [1.165, 1.54) is 64.2 Å². The lowest BCUT2D eigenvalue weighted by Gasteiger charge is -2.93. The molecule has 2 bridgehead atoms. The first-order valence-corrected chi connectivity index (χ1v) is 16.2. The lowest BCUT2D eigenvalue weighted by Crippen LogP contribution is -2.73. The van der Waals surface area contributed by atoms with Gasteiger partial charge in [0.1, 0.15) is 0 Å². The molecule has 0 radical (unpaired) electrons. The Morgan fingerprint density at radius 1 is 0.615 bits per heavy atom. The molecule has 2 aliphatic carbocycles. The molecular formula is C22H40ClP3. The number of halogens is 1. The molecule has 3 saturated heterocycles. The van der Waals surface area contributed by atoms with Crippen LogP contribution in [0.5, 0.6) is 0 Å². The Labute approximate surface area is 171 Å². The van der Waals surface area contributed by atoms with Crippen molar-refractivity contribution in [2.24, 2.45) is 10.8 Å². The molecule has 5 fully saturated rings. The maximum atomic E-state index is 7.56. The summed E-state index contributed by atoms with van der Waals surface area (Å²) in [6.07, 6.45) is 15.0. The van der Waals surface area contributed by atoms with Crippen LogP contribution in [0, 0.1) is 10.8 Å². The molecule has 0 aromatic heterocycles. The summed E-state index contributed by atoms with van der Waals surface area (Å²) < 4.78 is 1.18. The van der Waals surface area contributed by atoms with Crippen LogP contribution in [0.15, 0.2) is 0 Å². The molecule has 26 heavy (non-hydrogen) atoms. The average molecular weight is 433 g/mol. The second kappa shape index (κ2) is 6.80. The molecule has 0 unspecified atom stereocenters. The van der Waals surface area contributed by atoms with E-state index in [-0.39, 0.29) is 23.1 Å². The van der Waals surface area contributed by atoms with Gasteiger partial charge in [0.15, 0.2) is 0 Å². The molecule has 0 N–H and O–H groups in total. The summed E-state index contributed by atoms with van der Waals surface area (Å²) in [5.41, 5.74) is 2.91. The van der Waals surface area contributed by atoms with Gasteiger partial charge < -0.3 is 0 Å². The summed E-state index contributed by atoms with van der Waals surface area (Å²) in [7, 11) is -0.130. The van der Waals surface area contributed by atoms with E-state index < -0.39 is 0 Å². The van der Waals surface area contributed by atoms with Gasteiger partial charge in [-0.1, -0.05) is 107 Å². The van der Waals surface area contributed by atoms with Crippen LogP contribution in [0.3, 0.4) is 0 Å². The minimum Gasteiger partial charge on any atom is -0.0937 e. The van der Waals surface area contributed by atoms with Gasteiger partial charge in [-0.25, -0.2) is 0 Å². The molecule has 3 aliphatic heterocycles. The van der Waals surface area contributed by atoms with Gasteiger partial charge in [0.25, 0.3) is 0 Å². The fourth-order valence-electron chi connectivity index (χ4n) is 6.86. The van der Waals surface area contributed by atoms with Gasteiger partial charge in [-0.05, 0) is 47.8 Å². The monoisotopic (exact) mass is 432 g/mol. The lowest BCUT2D eigenvalue weighted by molar-refractivity contribution is 0.328. The van der Waals surface area contributed by atoms with Crippen molar-refractivity contribution < 1.29 is 0 Å². The summed E-state index contributed by atoms with van der Waals surface area (Å²) in [5.74, 6) is 0. The van der Waals surface area contributed by atoms with Gasteiger partial charge in [-0.2, -0.15) is 0 Å². The highest BCUT2D eigenvalue weighted by Gasteiger charge is 2.94. The van der Waals surface area contributed by atoms with Crippen LogP contribution in [0.4, 0.5) is 0 Å². The van der Waals surface area contributed by atoms with Crippen LogP contribution in [0.1, 0.15) is 106 Å². The average Bonchev–Trinajstić information content (AvgIpc) is 2.52. The summed E-state index contributed by atoms with van der Waals surface area (Å²) in [4.78, 5) is 0. The summed E-state index contributed by atoms with van der Waals surface area (Å²) in [6.45, 7) is 15.5. The zero-order valence-electron chi connectivity index (χ0n) is 17.9. The molecule has 0 aromatic rings. The maximum Gasteiger partial charge on any atom is 0.0529 e. The molecule has 3 heterocycles. The Hall–Kier alpha value is 1.58. The van der Waals surface area contributed by atoms with E-state index in [1.54, 1.807) is 0 Å². The molecular weight excluding hydrogens is 393 g/mol. The SMILES string of the molecule is CC(C)(C)C12P(Cl)C(C(C)(C)C)(P1C1CCCCC1)P2C1CCCCC1. The standard InChI is InChI=1S/C22H40ClP3/c1-19(2,3)21-24(17-13-9-7-10-14-17)22(26(21)23,20(4,5)6)25(21)18-15-11-8-12-16-18/h17-18H,7-16H2,1-6H3. The Morgan fingerprint density at radius 3 is 1.19 bits per heavy atom. The molecule has 5 rings (SSSR count). The van der Waals surface area contributed by atoms with Gasteiger partial charge in [0, 0.05) is 7.27 Å². The number of rotatable bonds is 2. The van der Waals surface area contributed by atoms with Crippen LogP contribution in [-0.2, 0) is 0 Å². The zero-order chi connectivity index (χ0) is 19.0. The molecule has 0 spiro atoms. The first-order valence-electron chi connectivity index (χ1n) is 11.2. The van der Waals surface area contributed by atoms with Crippen LogP contribution < -0.4 is 0 Å². The van der Waals surface area contributed by atoms with Crippen molar-refractivity contribution in [2.45, 2.75) is 126 Å². The zero-order valence-corrected chi connectivity index (χ0v) is 21.4. The summed E-state index contributed by atoms with van der Waals surface area (Å²) in [6, 6.07) is 0. The van der Waals surface area contributed by atoms with E-state index in [4.69, 9.17) is 11.2 Å². The van der Waals surface area contributed by atoms with Crippen molar-refractivity contribution in [1.82, 2.24) is 0 Å². The van der Waals surface area contributed by atoms with E-state index >= 15 is 0 Å². The first kappa shape index (κ1) is 20.8. The maximum absolute atomic E-state index is 7.56. The largest absolute Gasteiger partial charge is 0.0937 e. The normalized spacial score (nSPS) is 45.1. The Morgan fingerprint density at radius 2 is 0.923 bits per heavy atom. The van der Waals surface area contributed by atoms with E-state index in [0.29, 0.717) is 20.1 Å². The highest BCUT2D eigenvalue weighted by Crippen LogP contribution is 3.25. The molecule has 5 aliphatic rings. The van der Waals surface area contributed by atoms with Crippen LogP contribution in [0.25, 0.3) is 0 Å². The molecule has 0 aromatic carbocycles. The van der Waals surface area contributed by atoms with Crippen molar-refractivity contribution in [3.05, 3.63) is 0 Å². The summed E-state index contributed by atoms with van der Waals surface area (Å²) >= 11 is 7.56. The van der Waals surface area contributed by atoms with E-state index in [9.17, 15) is 0 Å². The minimum atomic E-state index is -0.325. The molecule has 0 amide bonds. The second-order valence-electron chi connectivity index (χ2n) is 11.4. The predicted molar refractivity (Wildman–Crippen MR) is 125 cm³/mol. The van der Waals surface area contributed by atoms with Crippen LogP contribution in [0.2, 0.25) is 0 Å². The Kier molecular flexibility index (Phi) is 5.45. The highest BCUT2D eigenvalue weighted by molar-refractivity contribution is 8.31. The second-order valence-corrected chi connectivity index (χ2v) is 22.0. The lowest BCUT2D eigenvalue weighted by atomic mass is 9.97. The third-order valence-electron chi connectivity index (χ3n) is 7.78. The predicted octanol–water partition coefficient (Wildman–Crippen LogP) is 9.68. The van der Waals surface area contributed by atoms with Gasteiger partial charge in [0.05, 0.1) is 9.28 Å². The van der Waals surface area contributed by atoms with Crippen LogP contribution >= 0.6 is 34.4 Å². The quantitative estimate of drug-likeness (QED) is 0.381. The molecule has 2 saturated carbocycles. The van der Waals surface area contributed by atoms with E-state index in [0.717, 1.165) is 11.3 Å². The van der Waals surface area contributed by atoms with Crippen LogP contribution in [-0.4, -0.2) is 20.6 Å². The summed E-state index contributed by atoms with van der Waals surface area (Å²) in [5, 5.41) is 0. The fourth-order valence-corrected chi connectivity index (χ4v) is 34.0. The van der Waals surface area contributed by atoms with Crippen molar-refractivity contribution in [3.8, 4) is 0 Å². The fraction of sp³-hybridized carbons (Fsp3) is 1.00. The first-order chi connectivity index (χ1) is 12.1.